The number of amides is 2. The number of aromatic nitrogens is 2. The Labute approximate surface area is 170 Å². The Bertz CT molecular complexity index is 947. The van der Waals surface area contributed by atoms with Gasteiger partial charge in [0, 0.05) is 30.5 Å². The van der Waals surface area contributed by atoms with Crippen molar-refractivity contribution in [1.29, 1.82) is 0 Å². The molecular formula is C19H19F2N5O2S. The van der Waals surface area contributed by atoms with Crippen LogP contribution in [0.4, 0.5) is 13.6 Å². The van der Waals surface area contributed by atoms with Crippen LogP contribution in [-0.2, 0) is 0 Å². The van der Waals surface area contributed by atoms with Gasteiger partial charge in [0.15, 0.2) is 5.16 Å². The van der Waals surface area contributed by atoms with Crippen LogP contribution in [0.1, 0.15) is 23.7 Å². The van der Waals surface area contributed by atoms with Crippen LogP contribution in [0.25, 0.3) is 0 Å². The lowest BCUT2D eigenvalue weighted by Gasteiger charge is -2.40. The van der Waals surface area contributed by atoms with Gasteiger partial charge in [0.1, 0.15) is 17.7 Å². The summed E-state index contributed by atoms with van der Waals surface area (Å²) >= 11 is 1.43. The predicted molar refractivity (Wildman–Crippen MR) is 104 cm³/mol. The number of hydrogen-bond donors (Lipinski definition) is 0. The van der Waals surface area contributed by atoms with E-state index < -0.39 is 17.7 Å². The molecule has 4 rings (SSSR count). The normalized spacial score (nSPS) is 18.8. The van der Waals surface area contributed by atoms with Crippen LogP contribution < -0.4 is 4.74 Å². The fraction of sp³-hybridized carbons (Fsp3) is 0.368. The highest BCUT2D eigenvalue weighted by atomic mass is 32.2. The van der Waals surface area contributed by atoms with Crippen molar-refractivity contribution in [2.24, 2.45) is 5.10 Å². The number of hydrazone groups is 1. The molecule has 0 spiro atoms. The number of hydrogen-bond acceptors (Lipinski definition) is 6. The smallest absolute Gasteiger partial charge is 0.341 e. The molecule has 2 aromatic rings. The Balaban J connectivity index is 1.38. The molecule has 3 heterocycles. The molecule has 0 aliphatic carbocycles. The van der Waals surface area contributed by atoms with Crippen molar-refractivity contribution in [3.8, 4) is 5.88 Å². The Morgan fingerprint density at radius 2 is 1.90 bits per heavy atom. The third-order valence-electron chi connectivity index (χ3n) is 4.69. The molecule has 0 radical (unpaired) electrons. The minimum Gasteiger partial charge on any atom is -0.470 e. The van der Waals surface area contributed by atoms with Crippen LogP contribution in [0.2, 0.25) is 0 Å². The van der Waals surface area contributed by atoms with E-state index in [-0.39, 0.29) is 12.1 Å². The van der Waals surface area contributed by atoms with Crippen molar-refractivity contribution in [2.45, 2.75) is 30.6 Å². The largest absolute Gasteiger partial charge is 0.470 e. The van der Waals surface area contributed by atoms with Crippen molar-refractivity contribution in [3.63, 3.8) is 0 Å². The molecular weight excluding hydrogens is 400 g/mol. The molecule has 0 N–H and O–H groups in total. The van der Waals surface area contributed by atoms with Crippen LogP contribution in [0.3, 0.4) is 0 Å². The molecule has 1 atom stereocenters. The van der Waals surface area contributed by atoms with Crippen LogP contribution >= 0.6 is 11.8 Å². The monoisotopic (exact) mass is 419 g/mol. The van der Waals surface area contributed by atoms with E-state index in [4.69, 9.17) is 4.74 Å². The number of likely N-dealkylation sites (tertiary alicyclic amines) is 1. The van der Waals surface area contributed by atoms with E-state index >= 15 is 0 Å². The van der Waals surface area contributed by atoms with Crippen molar-refractivity contribution in [1.82, 2.24) is 19.9 Å². The number of carbonyl (C=O) groups is 1. The average molecular weight is 419 g/mol. The van der Waals surface area contributed by atoms with Crippen LogP contribution in [-0.4, -0.2) is 57.6 Å². The van der Waals surface area contributed by atoms with Gasteiger partial charge in [-0.25, -0.2) is 23.6 Å². The molecule has 2 aliphatic heterocycles. The maximum absolute atomic E-state index is 13.6. The minimum atomic E-state index is -0.679. The Morgan fingerprint density at radius 1 is 1.17 bits per heavy atom. The summed E-state index contributed by atoms with van der Waals surface area (Å²) < 4.78 is 33.0. The third kappa shape index (κ3) is 4.16. The van der Waals surface area contributed by atoms with Crippen LogP contribution in [0.5, 0.6) is 5.88 Å². The summed E-state index contributed by atoms with van der Waals surface area (Å²) in [5.41, 5.74) is 1.19. The van der Waals surface area contributed by atoms with Gasteiger partial charge in [-0.15, -0.1) is 0 Å². The van der Waals surface area contributed by atoms with E-state index in [1.807, 2.05) is 13.2 Å². The highest BCUT2D eigenvalue weighted by Gasteiger charge is 2.39. The molecule has 152 valence electrons. The Hall–Kier alpha value is -2.75. The molecule has 2 amide bonds. The Kier molecular flexibility index (Phi) is 5.35. The molecule has 1 fully saturated rings. The summed E-state index contributed by atoms with van der Waals surface area (Å²) in [6.45, 7) is 2.63. The summed E-state index contributed by atoms with van der Waals surface area (Å²) in [6.07, 6.45) is 3.69. The van der Waals surface area contributed by atoms with E-state index in [0.717, 1.165) is 11.8 Å². The molecule has 10 heteroatoms. The number of aryl methyl sites for hydroxylation is 1. The molecule has 29 heavy (non-hydrogen) atoms. The number of benzene rings is 1. The highest BCUT2D eigenvalue weighted by molar-refractivity contribution is 7.98. The number of halogens is 2. The molecule has 1 saturated heterocycles. The van der Waals surface area contributed by atoms with Gasteiger partial charge >= 0.3 is 6.03 Å². The minimum absolute atomic E-state index is 0.181. The first-order valence-corrected chi connectivity index (χ1v) is 10.3. The summed E-state index contributed by atoms with van der Waals surface area (Å²) in [7, 11) is 0. The average Bonchev–Trinajstić information content (AvgIpc) is 3.12. The first-order valence-electron chi connectivity index (χ1n) is 9.06. The topological polar surface area (TPSA) is 70.9 Å². The predicted octanol–water partition coefficient (Wildman–Crippen LogP) is 3.40. The zero-order valence-corrected chi connectivity index (χ0v) is 16.7. The fourth-order valence-corrected chi connectivity index (χ4v) is 3.71. The summed E-state index contributed by atoms with van der Waals surface area (Å²) in [4.78, 5) is 23.0. The maximum atomic E-state index is 13.6. The van der Waals surface area contributed by atoms with E-state index in [1.165, 1.54) is 28.9 Å². The standard InChI is InChI=1S/C19H19F2N5O2S/c1-11-5-17(24-18(23-11)29-2)28-15-9-25(10-15)19(27)26-16(3-4-22-26)12-6-13(20)8-14(21)7-12/h4-8,15-16H,3,9-10H2,1-2H3. The number of urea groups is 1. The van der Waals surface area contributed by atoms with Gasteiger partial charge in [-0.1, -0.05) is 11.8 Å². The number of rotatable bonds is 4. The van der Waals surface area contributed by atoms with E-state index in [1.54, 1.807) is 17.2 Å². The highest BCUT2D eigenvalue weighted by Crippen LogP contribution is 2.31. The van der Waals surface area contributed by atoms with Gasteiger partial charge in [-0.2, -0.15) is 10.1 Å². The van der Waals surface area contributed by atoms with Gasteiger partial charge in [0.05, 0.1) is 19.1 Å². The second-order valence-corrected chi connectivity index (χ2v) is 7.63. The summed E-state index contributed by atoms with van der Waals surface area (Å²) in [5, 5.41) is 6.00. The molecule has 0 saturated carbocycles. The van der Waals surface area contributed by atoms with Crippen molar-refractivity contribution < 1.29 is 18.3 Å². The van der Waals surface area contributed by atoms with Gasteiger partial charge in [-0.3, -0.25) is 0 Å². The fourth-order valence-electron chi connectivity index (χ4n) is 3.29. The first kappa shape index (κ1) is 19.6. The zero-order valence-electron chi connectivity index (χ0n) is 15.9. The van der Waals surface area contributed by atoms with E-state index in [0.29, 0.717) is 36.1 Å². The van der Waals surface area contributed by atoms with Gasteiger partial charge in [0.25, 0.3) is 0 Å². The second-order valence-electron chi connectivity index (χ2n) is 6.86. The lowest BCUT2D eigenvalue weighted by Crippen LogP contribution is -2.58. The number of nitrogens with zero attached hydrogens (tertiary/aromatic N) is 5. The van der Waals surface area contributed by atoms with E-state index in [2.05, 4.69) is 15.1 Å². The molecule has 1 aromatic heterocycles. The quantitative estimate of drug-likeness (QED) is 0.561. The van der Waals surface area contributed by atoms with Crippen LogP contribution in [0.15, 0.2) is 34.5 Å². The SMILES string of the molecule is CSc1nc(C)cc(OC2CN(C(=O)N3N=CCC3c3cc(F)cc(F)c3)C2)n1. The van der Waals surface area contributed by atoms with Crippen molar-refractivity contribution >= 4 is 24.0 Å². The van der Waals surface area contributed by atoms with Crippen LogP contribution in [0, 0.1) is 18.6 Å². The molecule has 0 bridgehead atoms. The number of carbonyl (C=O) groups excluding carboxylic acids is 1. The molecule has 2 aliphatic rings. The maximum Gasteiger partial charge on any atom is 0.341 e. The first-order chi connectivity index (χ1) is 13.9. The molecule has 1 aromatic carbocycles. The number of thioether (sulfide) groups is 1. The summed E-state index contributed by atoms with van der Waals surface area (Å²) in [5.74, 6) is -0.880. The van der Waals surface area contributed by atoms with Gasteiger partial charge < -0.3 is 9.64 Å². The molecule has 7 nitrogen and oxygen atoms in total. The van der Waals surface area contributed by atoms with Crippen molar-refractivity contribution in [3.05, 3.63) is 47.2 Å². The zero-order chi connectivity index (χ0) is 20.5. The number of ether oxygens (including phenoxy) is 1. The lowest BCUT2D eigenvalue weighted by atomic mass is 10.0. The van der Waals surface area contributed by atoms with Gasteiger partial charge in [-0.05, 0) is 30.9 Å². The molecule has 1 unspecified atom stereocenters. The second kappa shape index (κ2) is 7.94. The van der Waals surface area contributed by atoms with Gasteiger partial charge in [0.2, 0.25) is 5.88 Å². The van der Waals surface area contributed by atoms with Crippen molar-refractivity contribution in [2.75, 3.05) is 19.3 Å². The van der Waals surface area contributed by atoms with E-state index in [9.17, 15) is 13.6 Å². The lowest BCUT2D eigenvalue weighted by molar-refractivity contribution is 0.0247. The third-order valence-corrected chi connectivity index (χ3v) is 5.24. The summed E-state index contributed by atoms with van der Waals surface area (Å²) in [6, 6.07) is 4.17. The Morgan fingerprint density at radius 3 is 2.59 bits per heavy atom.